The number of rotatable bonds is 5. The van der Waals surface area contributed by atoms with E-state index in [-0.39, 0.29) is 11.9 Å². The van der Waals surface area contributed by atoms with Crippen LogP contribution in [0.15, 0.2) is 54.6 Å². The first-order valence-corrected chi connectivity index (χ1v) is 9.48. The van der Waals surface area contributed by atoms with Crippen LogP contribution < -0.4 is 10.00 Å². The highest BCUT2D eigenvalue weighted by Crippen LogP contribution is 2.20. The molecule has 152 valence electrons. The number of amides is 1. The maximum atomic E-state index is 11.7. The van der Waals surface area contributed by atoms with Gasteiger partial charge in [0, 0.05) is 18.7 Å². The summed E-state index contributed by atoms with van der Waals surface area (Å²) in [6.45, 7) is 3.92. The number of ether oxygens (including phenoxy) is 1. The van der Waals surface area contributed by atoms with Gasteiger partial charge in [0.15, 0.2) is 5.52 Å². The monoisotopic (exact) mass is 404 g/mol. The normalized spacial score (nSPS) is 10.9. The predicted molar refractivity (Wildman–Crippen MR) is 112 cm³/mol. The molecule has 0 atom stereocenters. The van der Waals surface area contributed by atoms with Crippen molar-refractivity contribution in [1.82, 2.24) is 14.6 Å². The number of esters is 1. The lowest BCUT2D eigenvalue weighted by Gasteiger charge is -2.07. The van der Waals surface area contributed by atoms with Crippen LogP contribution in [0.25, 0.3) is 17.0 Å². The number of methoxy groups -OCH3 is 1. The maximum Gasteiger partial charge on any atom is 0.377 e. The number of hydrogen-bond acceptors (Lipinski definition) is 4. The van der Waals surface area contributed by atoms with Gasteiger partial charge in [-0.05, 0) is 36.8 Å². The lowest BCUT2D eigenvalue weighted by Crippen LogP contribution is -2.40. The molecule has 4 aromatic rings. The van der Waals surface area contributed by atoms with E-state index in [1.165, 1.54) is 14.0 Å². The topological polar surface area (TPSA) is 92.9 Å². The standard InChI is InChI=1S/C22H21N5O3/c1-14-12-20(23-15(2)28)27(25-14)22-24-18-6-4-5-7-19(18)26(22)13-16-8-10-17(11-9-16)21(29)30-3/h4-12H,13H2,1-3H3,(H,23,25,28)/p+1. The molecule has 0 fully saturated rings. The first-order chi connectivity index (χ1) is 14.5. The molecule has 8 heteroatoms. The van der Waals surface area contributed by atoms with Crippen LogP contribution >= 0.6 is 0 Å². The van der Waals surface area contributed by atoms with E-state index in [9.17, 15) is 9.59 Å². The van der Waals surface area contributed by atoms with E-state index in [0.717, 1.165) is 22.3 Å². The average molecular weight is 404 g/mol. The molecule has 0 saturated carbocycles. The number of para-hydroxylation sites is 2. The van der Waals surface area contributed by atoms with Gasteiger partial charge in [0.2, 0.25) is 5.82 Å². The van der Waals surface area contributed by atoms with Crippen molar-refractivity contribution < 1.29 is 19.0 Å². The summed E-state index contributed by atoms with van der Waals surface area (Å²) in [5.41, 5.74) is 4.18. The van der Waals surface area contributed by atoms with Crippen LogP contribution in [0.3, 0.4) is 0 Å². The van der Waals surface area contributed by atoms with Gasteiger partial charge >= 0.3 is 11.9 Å². The molecular weight excluding hydrogens is 382 g/mol. The summed E-state index contributed by atoms with van der Waals surface area (Å²) in [4.78, 5) is 28.2. The summed E-state index contributed by atoms with van der Waals surface area (Å²) in [6.07, 6.45) is 0. The zero-order chi connectivity index (χ0) is 21.3. The fraction of sp³-hybridized carbons (Fsp3) is 0.182. The lowest BCUT2D eigenvalue weighted by atomic mass is 10.1. The maximum absolute atomic E-state index is 11.7. The Morgan fingerprint density at radius 1 is 1.17 bits per heavy atom. The number of aromatic nitrogens is 4. The molecule has 2 N–H and O–H groups in total. The van der Waals surface area contributed by atoms with Crippen molar-refractivity contribution in [2.45, 2.75) is 20.4 Å². The number of H-pyrrole nitrogens is 1. The highest BCUT2D eigenvalue weighted by molar-refractivity contribution is 5.89. The van der Waals surface area contributed by atoms with E-state index in [0.29, 0.717) is 23.9 Å². The molecule has 1 amide bonds. The number of carbonyl (C=O) groups is 2. The summed E-state index contributed by atoms with van der Waals surface area (Å²) in [5, 5.41) is 6.09. The predicted octanol–water partition coefficient (Wildman–Crippen LogP) is 2.74. The summed E-state index contributed by atoms with van der Waals surface area (Å²) in [7, 11) is 1.36. The summed E-state index contributed by atoms with van der Waals surface area (Å²) in [5.74, 6) is 0.721. The number of fused-ring (bicyclic) bond motifs is 1. The van der Waals surface area contributed by atoms with Crippen molar-refractivity contribution >= 4 is 28.7 Å². The number of carbonyl (C=O) groups excluding carboxylic acids is 2. The van der Waals surface area contributed by atoms with Crippen LogP contribution in [0.5, 0.6) is 0 Å². The number of aryl methyl sites for hydroxylation is 1. The highest BCUT2D eigenvalue weighted by Gasteiger charge is 2.24. The molecule has 0 aliphatic rings. The molecule has 30 heavy (non-hydrogen) atoms. The summed E-state index contributed by atoms with van der Waals surface area (Å²) in [6, 6.07) is 17.0. The van der Waals surface area contributed by atoms with Gasteiger partial charge in [0.05, 0.1) is 19.2 Å². The molecule has 2 aromatic carbocycles. The third-order valence-corrected chi connectivity index (χ3v) is 4.74. The van der Waals surface area contributed by atoms with Crippen molar-refractivity contribution in [1.29, 1.82) is 0 Å². The molecule has 0 bridgehead atoms. The second kappa shape index (κ2) is 7.82. The fourth-order valence-corrected chi connectivity index (χ4v) is 3.40. The molecule has 8 nitrogen and oxygen atoms in total. The van der Waals surface area contributed by atoms with Crippen LogP contribution in [-0.2, 0) is 16.1 Å². The molecule has 0 spiro atoms. The van der Waals surface area contributed by atoms with Crippen molar-refractivity contribution in [3.63, 3.8) is 0 Å². The van der Waals surface area contributed by atoms with Crippen LogP contribution in [0.4, 0.5) is 5.82 Å². The SMILES string of the molecule is COC(=O)c1ccc(Cn2c(-[n+]3[nH]c(C)cc3NC(C)=O)nc3ccccc32)cc1. The first-order valence-electron chi connectivity index (χ1n) is 9.48. The molecule has 0 aliphatic carbocycles. The largest absolute Gasteiger partial charge is 0.465 e. The van der Waals surface area contributed by atoms with Crippen molar-refractivity contribution in [3.8, 4) is 5.95 Å². The number of nitrogens with zero attached hydrogens (tertiary/aromatic N) is 3. The van der Waals surface area contributed by atoms with E-state index < -0.39 is 0 Å². The molecule has 2 aromatic heterocycles. The van der Waals surface area contributed by atoms with Crippen LogP contribution in [-0.4, -0.2) is 33.6 Å². The number of aromatic amines is 1. The molecule has 0 saturated heterocycles. The Bertz CT molecular complexity index is 1240. The van der Waals surface area contributed by atoms with Gasteiger partial charge in [0.1, 0.15) is 5.52 Å². The van der Waals surface area contributed by atoms with E-state index in [4.69, 9.17) is 9.72 Å². The van der Waals surface area contributed by atoms with E-state index in [1.54, 1.807) is 16.8 Å². The number of benzene rings is 2. The smallest absolute Gasteiger partial charge is 0.377 e. The second-order valence-electron chi connectivity index (χ2n) is 7.02. The fourth-order valence-electron chi connectivity index (χ4n) is 3.40. The third kappa shape index (κ3) is 3.67. The van der Waals surface area contributed by atoms with E-state index in [2.05, 4.69) is 15.0 Å². The van der Waals surface area contributed by atoms with Crippen LogP contribution in [0.2, 0.25) is 0 Å². The van der Waals surface area contributed by atoms with Gasteiger partial charge < -0.3 is 4.74 Å². The van der Waals surface area contributed by atoms with Crippen LogP contribution in [0, 0.1) is 6.92 Å². The van der Waals surface area contributed by atoms with Crippen molar-refractivity contribution in [3.05, 3.63) is 71.4 Å². The van der Waals surface area contributed by atoms with Gasteiger partial charge in [0.25, 0.3) is 5.91 Å². The minimum Gasteiger partial charge on any atom is -0.465 e. The van der Waals surface area contributed by atoms with Crippen molar-refractivity contribution in [2.24, 2.45) is 0 Å². The molecule has 0 radical (unpaired) electrons. The molecule has 0 unspecified atom stereocenters. The number of anilines is 1. The average Bonchev–Trinajstić information content (AvgIpc) is 3.27. The Kier molecular flexibility index (Phi) is 5.05. The Labute approximate surface area is 173 Å². The number of nitrogens with one attached hydrogen (secondary N) is 2. The van der Waals surface area contributed by atoms with Gasteiger partial charge in [-0.1, -0.05) is 24.3 Å². The summed E-state index contributed by atoms with van der Waals surface area (Å²) < 4.78 is 8.59. The number of hydrogen-bond donors (Lipinski definition) is 2. The zero-order valence-electron chi connectivity index (χ0n) is 17.0. The summed E-state index contributed by atoms with van der Waals surface area (Å²) >= 11 is 0. The minimum atomic E-state index is -0.368. The van der Waals surface area contributed by atoms with E-state index >= 15 is 0 Å². The zero-order valence-corrected chi connectivity index (χ0v) is 17.0. The van der Waals surface area contributed by atoms with Crippen LogP contribution in [0.1, 0.15) is 28.5 Å². The minimum absolute atomic E-state index is 0.163. The van der Waals surface area contributed by atoms with Crippen molar-refractivity contribution in [2.75, 3.05) is 12.4 Å². The van der Waals surface area contributed by atoms with Gasteiger partial charge in [-0.3, -0.25) is 15.2 Å². The molecule has 4 rings (SSSR count). The Balaban J connectivity index is 1.80. The Morgan fingerprint density at radius 3 is 2.60 bits per heavy atom. The third-order valence-electron chi connectivity index (χ3n) is 4.74. The molecule has 0 aliphatic heterocycles. The van der Waals surface area contributed by atoms with Gasteiger partial charge in [-0.25, -0.2) is 9.36 Å². The van der Waals surface area contributed by atoms with Gasteiger partial charge in [-0.2, -0.15) is 0 Å². The lowest BCUT2D eigenvalue weighted by molar-refractivity contribution is -0.650. The molecule has 2 heterocycles. The highest BCUT2D eigenvalue weighted by atomic mass is 16.5. The first kappa shape index (κ1) is 19.4. The number of imidazole rings is 1. The molecular formula is C22H22N5O3+. The Hall–Kier alpha value is -3.94. The van der Waals surface area contributed by atoms with Gasteiger partial charge in [-0.15, -0.1) is 9.67 Å². The van der Waals surface area contributed by atoms with E-state index in [1.807, 2.05) is 49.4 Å². The second-order valence-corrected chi connectivity index (χ2v) is 7.02. The quantitative estimate of drug-likeness (QED) is 0.395. The Morgan fingerprint density at radius 2 is 1.90 bits per heavy atom.